The summed E-state index contributed by atoms with van der Waals surface area (Å²) in [6, 6.07) is -0.546. The van der Waals surface area contributed by atoms with Crippen molar-refractivity contribution in [3.63, 3.8) is 0 Å². The Balaban J connectivity index is 3.40. The summed E-state index contributed by atoms with van der Waals surface area (Å²) in [6.45, 7) is 4.98. The van der Waals surface area contributed by atoms with Crippen molar-refractivity contribution in [2.24, 2.45) is 0 Å². The summed E-state index contributed by atoms with van der Waals surface area (Å²) in [5, 5.41) is 23.4. The van der Waals surface area contributed by atoms with E-state index < -0.39 is 12.1 Å². The molecule has 0 spiro atoms. The second-order valence-corrected chi connectivity index (χ2v) is 22.8. The van der Waals surface area contributed by atoms with E-state index in [9.17, 15) is 19.8 Å². The van der Waals surface area contributed by atoms with Crippen LogP contribution < -0.4 is 5.32 Å². The van der Waals surface area contributed by atoms with E-state index in [-0.39, 0.29) is 18.5 Å². The van der Waals surface area contributed by atoms with E-state index in [1.54, 1.807) is 0 Å². The van der Waals surface area contributed by atoms with Gasteiger partial charge in [-0.05, 0) is 25.7 Å². The number of aliphatic hydroxyl groups excluding tert-OH is 2. The van der Waals surface area contributed by atoms with E-state index >= 15 is 0 Å². The first-order valence-electron chi connectivity index (χ1n) is 32.8. The smallest absolute Gasteiger partial charge is 0.305 e. The maximum atomic E-state index is 12.5. The Labute approximate surface area is 445 Å². The molecule has 0 saturated heterocycles. The molecule has 2 atom stereocenters. The number of nitrogens with one attached hydrogen (secondary N) is 1. The van der Waals surface area contributed by atoms with Crippen LogP contribution >= 0.6 is 0 Å². The lowest BCUT2D eigenvalue weighted by Gasteiger charge is -2.22. The van der Waals surface area contributed by atoms with Gasteiger partial charge in [-0.2, -0.15) is 0 Å². The van der Waals surface area contributed by atoms with Crippen LogP contribution in [0.3, 0.4) is 0 Å². The minimum atomic E-state index is -0.669. The third-order valence-electron chi connectivity index (χ3n) is 15.7. The molecule has 0 heterocycles. The molecule has 0 aliphatic heterocycles. The number of aliphatic hydroxyl groups is 2. The van der Waals surface area contributed by atoms with Crippen LogP contribution in [0, 0.1) is 0 Å². The van der Waals surface area contributed by atoms with Crippen LogP contribution in [0.15, 0.2) is 0 Å². The molecule has 3 N–H and O–H groups in total. The average molecular weight is 1000 g/mol. The molecule has 424 valence electrons. The van der Waals surface area contributed by atoms with Crippen molar-refractivity contribution in [3.05, 3.63) is 0 Å². The molecule has 0 aliphatic rings. The van der Waals surface area contributed by atoms with Crippen molar-refractivity contribution in [2.45, 2.75) is 392 Å². The van der Waals surface area contributed by atoms with Gasteiger partial charge in [0.15, 0.2) is 0 Å². The van der Waals surface area contributed by atoms with Crippen LogP contribution in [-0.2, 0) is 14.3 Å². The monoisotopic (exact) mass is 1000 g/mol. The number of hydrogen-bond acceptors (Lipinski definition) is 5. The fraction of sp³-hybridized carbons (Fsp3) is 0.969. The highest BCUT2D eigenvalue weighted by molar-refractivity contribution is 5.76. The molecule has 0 bridgehead atoms. The molecule has 0 aromatic rings. The molecular formula is C65H129NO5. The summed E-state index contributed by atoms with van der Waals surface area (Å²) in [4.78, 5) is 24.6. The molecule has 0 aromatic heterocycles. The quantitative estimate of drug-likeness (QED) is 0.0417. The fourth-order valence-corrected chi connectivity index (χ4v) is 10.6. The number of esters is 1. The zero-order chi connectivity index (χ0) is 51.4. The second kappa shape index (κ2) is 61.4. The summed E-state index contributed by atoms with van der Waals surface area (Å²) >= 11 is 0. The molecule has 0 fully saturated rings. The van der Waals surface area contributed by atoms with E-state index in [1.165, 1.54) is 308 Å². The SMILES string of the molecule is CCCCCCCCCCCCCCCCCCCCCCCCCC(O)C(CO)NC(=O)CCCCCCCCCCCCCCCCCCOC(=O)CCCCCCCCCCCCCCCCC. The molecular weight excluding hydrogens is 875 g/mol. The highest BCUT2D eigenvalue weighted by Gasteiger charge is 2.20. The van der Waals surface area contributed by atoms with Crippen molar-refractivity contribution in [3.8, 4) is 0 Å². The zero-order valence-corrected chi connectivity index (χ0v) is 48.5. The normalized spacial score (nSPS) is 12.5. The van der Waals surface area contributed by atoms with Gasteiger partial charge in [-0.25, -0.2) is 0 Å². The van der Waals surface area contributed by atoms with Gasteiger partial charge >= 0.3 is 5.97 Å². The standard InChI is InChI=1S/C65H129NO5/c1-3-5-7-9-11-13-15-17-19-20-21-22-23-24-25-26-30-33-37-41-45-49-53-57-63(68)62(61-67)66-64(69)58-54-50-46-42-38-34-31-27-28-32-36-40-44-48-52-56-60-71-65(70)59-55-51-47-43-39-35-29-18-16-14-12-10-8-6-4-2/h62-63,67-68H,3-61H2,1-2H3,(H,66,69). The summed E-state index contributed by atoms with van der Waals surface area (Å²) < 4.78 is 5.49. The van der Waals surface area contributed by atoms with Gasteiger partial charge in [-0.1, -0.05) is 341 Å². The third-order valence-corrected chi connectivity index (χ3v) is 15.7. The van der Waals surface area contributed by atoms with Gasteiger partial charge < -0.3 is 20.3 Å². The minimum Gasteiger partial charge on any atom is -0.466 e. The van der Waals surface area contributed by atoms with Crippen LogP contribution in [0.4, 0.5) is 0 Å². The molecule has 71 heavy (non-hydrogen) atoms. The maximum absolute atomic E-state index is 12.5. The molecule has 0 aromatic carbocycles. The summed E-state index contributed by atoms with van der Waals surface area (Å²) in [7, 11) is 0. The Kier molecular flexibility index (Phi) is 60.4. The largest absolute Gasteiger partial charge is 0.466 e. The van der Waals surface area contributed by atoms with Crippen LogP contribution in [0.2, 0.25) is 0 Å². The minimum absolute atomic E-state index is 0.00775. The lowest BCUT2D eigenvalue weighted by molar-refractivity contribution is -0.143. The highest BCUT2D eigenvalue weighted by atomic mass is 16.5. The Morgan fingerprint density at radius 2 is 0.577 bits per heavy atom. The topological polar surface area (TPSA) is 95.9 Å². The average Bonchev–Trinajstić information content (AvgIpc) is 3.37. The maximum Gasteiger partial charge on any atom is 0.305 e. The summed E-state index contributed by atoms with van der Waals surface area (Å²) in [5.74, 6) is -0.0286. The Hall–Kier alpha value is -1.14. The van der Waals surface area contributed by atoms with Crippen LogP contribution in [0.1, 0.15) is 380 Å². The van der Waals surface area contributed by atoms with Gasteiger partial charge in [0.2, 0.25) is 5.91 Å². The Morgan fingerprint density at radius 3 is 0.859 bits per heavy atom. The number of amides is 1. The molecule has 0 aliphatic carbocycles. The Bertz CT molecular complexity index is 1020. The molecule has 1 amide bonds. The molecule has 6 nitrogen and oxygen atoms in total. The van der Waals surface area contributed by atoms with E-state index in [0.29, 0.717) is 25.9 Å². The zero-order valence-electron chi connectivity index (χ0n) is 48.5. The number of carbonyl (C=O) groups is 2. The third kappa shape index (κ3) is 58.0. The molecule has 0 radical (unpaired) electrons. The van der Waals surface area contributed by atoms with Crippen molar-refractivity contribution in [1.82, 2.24) is 5.32 Å². The number of unbranched alkanes of at least 4 members (excludes halogenated alkanes) is 51. The number of hydrogen-bond donors (Lipinski definition) is 3. The molecule has 0 saturated carbocycles. The predicted molar refractivity (Wildman–Crippen MR) is 310 cm³/mol. The fourth-order valence-electron chi connectivity index (χ4n) is 10.6. The molecule has 2 unspecified atom stereocenters. The lowest BCUT2D eigenvalue weighted by atomic mass is 10.0. The number of rotatable bonds is 62. The van der Waals surface area contributed by atoms with E-state index in [4.69, 9.17) is 4.74 Å². The van der Waals surface area contributed by atoms with Gasteiger partial charge in [-0.3, -0.25) is 9.59 Å². The van der Waals surface area contributed by atoms with Crippen molar-refractivity contribution < 1.29 is 24.5 Å². The molecule has 6 heteroatoms. The Morgan fingerprint density at radius 1 is 0.338 bits per heavy atom. The van der Waals surface area contributed by atoms with Gasteiger partial charge in [0.1, 0.15) is 0 Å². The second-order valence-electron chi connectivity index (χ2n) is 22.8. The summed E-state index contributed by atoms with van der Waals surface area (Å²) in [6.07, 6.45) is 72.6. The van der Waals surface area contributed by atoms with E-state index in [0.717, 1.165) is 38.5 Å². The van der Waals surface area contributed by atoms with Crippen molar-refractivity contribution in [1.29, 1.82) is 0 Å². The first-order valence-corrected chi connectivity index (χ1v) is 32.8. The van der Waals surface area contributed by atoms with E-state index in [1.807, 2.05) is 0 Å². The van der Waals surface area contributed by atoms with Crippen LogP contribution in [0.25, 0.3) is 0 Å². The molecule has 0 rings (SSSR count). The first-order chi connectivity index (χ1) is 35.0. The van der Waals surface area contributed by atoms with E-state index in [2.05, 4.69) is 19.2 Å². The van der Waals surface area contributed by atoms with Crippen molar-refractivity contribution >= 4 is 11.9 Å². The predicted octanol–water partition coefficient (Wildman–Crippen LogP) is 20.6. The lowest BCUT2D eigenvalue weighted by Crippen LogP contribution is -2.45. The van der Waals surface area contributed by atoms with Gasteiger partial charge in [-0.15, -0.1) is 0 Å². The van der Waals surface area contributed by atoms with Gasteiger partial charge in [0.25, 0.3) is 0 Å². The van der Waals surface area contributed by atoms with Crippen molar-refractivity contribution in [2.75, 3.05) is 13.2 Å². The van der Waals surface area contributed by atoms with Crippen LogP contribution in [0.5, 0.6) is 0 Å². The number of carbonyl (C=O) groups excluding carboxylic acids is 2. The first kappa shape index (κ1) is 69.9. The number of ether oxygens (including phenoxy) is 1. The highest BCUT2D eigenvalue weighted by Crippen LogP contribution is 2.19. The van der Waals surface area contributed by atoms with Crippen LogP contribution in [-0.4, -0.2) is 47.4 Å². The summed E-state index contributed by atoms with van der Waals surface area (Å²) in [5.41, 5.74) is 0. The van der Waals surface area contributed by atoms with Gasteiger partial charge in [0.05, 0.1) is 25.4 Å². The van der Waals surface area contributed by atoms with Gasteiger partial charge in [0, 0.05) is 12.8 Å².